The Labute approximate surface area is 224 Å². The molecule has 39 heavy (non-hydrogen) atoms. The van der Waals surface area contributed by atoms with Crippen LogP contribution in [-0.2, 0) is 21.4 Å². The SMILES string of the molecule is CCCCCCNc1nc(CNC(=O)c2ccc(S(=O)(=O)O)cc2)nc2c1ncn2[C@@H]1O[C@H](CO)[C@@H](O)[C@@H]1O. The molecule has 1 amide bonds. The Kier molecular flexibility index (Phi) is 9.09. The molecule has 0 saturated carbocycles. The van der Waals surface area contributed by atoms with Crippen molar-refractivity contribution in [3.63, 3.8) is 0 Å². The van der Waals surface area contributed by atoms with E-state index in [4.69, 9.17) is 9.29 Å². The number of imidazole rings is 1. The van der Waals surface area contributed by atoms with Crippen molar-refractivity contribution in [2.24, 2.45) is 0 Å². The Morgan fingerprint density at radius 1 is 1.10 bits per heavy atom. The minimum atomic E-state index is -4.38. The molecule has 212 valence electrons. The van der Waals surface area contributed by atoms with Crippen molar-refractivity contribution in [2.75, 3.05) is 18.5 Å². The van der Waals surface area contributed by atoms with Crippen molar-refractivity contribution in [1.29, 1.82) is 0 Å². The van der Waals surface area contributed by atoms with Crippen LogP contribution in [0.1, 0.15) is 55.0 Å². The summed E-state index contributed by atoms with van der Waals surface area (Å²) >= 11 is 0. The van der Waals surface area contributed by atoms with E-state index < -0.39 is 47.2 Å². The third-order valence-corrected chi connectivity index (χ3v) is 7.27. The fourth-order valence-electron chi connectivity index (χ4n) is 4.26. The first-order valence-electron chi connectivity index (χ1n) is 12.6. The number of carbonyl (C=O) groups is 1. The van der Waals surface area contributed by atoms with Gasteiger partial charge in [-0.2, -0.15) is 8.42 Å². The number of nitrogens with zero attached hydrogens (tertiary/aromatic N) is 4. The van der Waals surface area contributed by atoms with Crippen molar-refractivity contribution in [3.8, 4) is 0 Å². The zero-order valence-electron chi connectivity index (χ0n) is 21.3. The quantitative estimate of drug-likeness (QED) is 0.132. The van der Waals surface area contributed by atoms with E-state index in [1.165, 1.54) is 23.0 Å². The number of amides is 1. The molecule has 1 aliphatic heterocycles. The predicted molar refractivity (Wildman–Crippen MR) is 138 cm³/mol. The number of aliphatic hydroxyl groups excluding tert-OH is 3. The van der Waals surface area contributed by atoms with E-state index in [1.807, 2.05) is 0 Å². The number of nitrogens with one attached hydrogen (secondary N) is 2. The lowest BCUT2D eigenvalue weighted by Gasteiger charge is -2.17. The highest BCUT2D eigenvalue weighted by atomic mass is 32.2. The third-order valence-electron chi connectivity index (χ3n) is 6.40. The van der Waals surface area contributed by atoms with E-state index in [0.717, 1.165) is 37.8 Å². The van der Waals surface area contributed by atoms with Crippen LogP contribution in [0, 0.1) is 0 Å². The van der Waals surface area contributed by atoms with Crippen LogP contribution in [0.15, 0.2) is 35.5 Å². The summed E-state index contributed by atoms with van der Waals surface area (Å²) in [7, 11) is -4.38. The van der Waals surface area contributed by atoms with Crippen LogP contribution in [0.4, 0.5) is 5.82 Å². The van der Waals surface area contributed by atoms with Gasteiger partial charge in [0.05, 0.1) is 24.4 Å². The van der Waals surface area contributed by atoms with Gasteiger partial charge in [0.1, 0.15) is 18.3 Å². The lowest BCUT2D eigenvalue weighted by molar-refractivity contribution is -0.0511. The van der Waals surface area contributed by atoms with Gasteiger partial charge in [0, 0.05) is 12.1 Å². The Bertz CT molecular complexity index is 1400. The molecule has 14 nitrogen and oxygen atoms in total. The second-order valence-electron chi connectivity index (χ2n) is 9.21. The number of aliphatic hydroxyl groups is 3. The van der Waals surface area contributed by atoms with Gasteiger partial charge in [-0.3, -0.25) is 13.9 Å². The molecule has 4 rings (SSSR count). The van der Waals surface area contributed by atoms with E-state index in [9.17, 15) is 28.5 Å². The maximum atomic E-state index is 12.7. The summed E-state index contributed by atoms with van der Waals surface area (Å²) < 4.78 is 38.7. The molecule has 1 aliphatic rings. The molecule has 2 aromatic heterocycles. The van der Waals surface area contributed by atoms with Crippen LogP contribution in [-0.4, -0.2) is 85.2 Å². The van der Waals surface area contributed by atoms with Crippen molar-refractivity contribution < 1.29 is 37.8 Å². The van der Waals surface area contributed by atoms with Gasteiger partial charge in [0.2, 0.25) is 0 Å². The number of benzene rings is 1. The summed E-state index contributed by atoms with van der Waals surface area (Å²) in [5, 5.41) is 36.1. The van der Waals surface area contributed by atoms with Gasteiger partial charge < -0.3 is 30.7 Å². The Balaban J connectivity index is 1.58. The molecule has 1 fully saturated rings. The highest BCUT2D eigenvalue weighted by Crippen LogP contribution is 2.32. The average Bonchev–Trinajstić information content (AvgIpc) is 3.46. The highest BCUT2D eigenvalue weighted by molar-refractivity contribution is 7.85. The molecule has 0 bridgehead atoms. The third kappa shape index (κ3) is 6.51. The van der Waals surface area contributed by atoms with E-state index in [2.05, 4.69) is 32.5 Å². The summed E-state index contributed by atoms with van der Waals surface area (Å²) in [4.78, 5) is 25.7. The number of rotatable bonds is 12. The van der Waals surface area contributed by atoms with Gasteiger partial charge in [0.25, 0.3) is 16.0 Å². The Morgan fingerprint density at radius 3 is 2.49 bits per heavy atom. The first-order chi connectivity index (χ1) is 18.6. The molecule has 1 aromatic carbocycles. The van der Waals surface area contributed by atoms with Crippen LogP contribution in [0.5, 0.6) is 0 Å². The van der Waals surface area contributed by atoms with Gasteiger partial charge >= 0.3 is 0 Å². The van der Waals surface area contributed by atoms with Gasteiger partial charge in [-0.1, -0.05) is 26.2 Å². The first kappa shape index (κ1) is 28.8. The summed E-state index contributed by atoms with van der Waals surface area (Å²) in [5.41, 5.74) is 0.853. The molecule has 3 heterocycles. The Hall–Kier alpha value is -3.21. The predicted octanol–water partition coefficient (Wildman–Crippen LogP) is 0.607. The standard InChI is InChI=1S/C24H32N6O8S/c1-2-3-4-5-10-25-21-18-22(30(13-27-18)24-20(33)19(32)16(12-31)38-24)29-17(28-21)11-26-23(34)14-6-8-15(9-7-14)39(35,36)37/h6-9,13,16,19-20,24,31-33H,2-5,10-12H2,1H3,(H,26,34)(H,25,28,29)(H,35,36,37)/t16-,19-,20+,24-/m1/s1. The maximum absolute atomic E-state index is 12.7. The van der Waals surface area contributed by atoms with Crippen LogP contribution >= 0.6 is 0 Å². The zero-order valence-corrected chi connectivity index (χ0v) is 22.1. The fraction of sp³-hybridized carbons (Fsp3) is 0.500. The lowest BCUT2D eigenvalue weighted by atomic mass is 10.1. The highest BCUT2D eigenvalue weighted by Gasteiger charge is 2.44. The number of carbonyl (C=O) groups excluding carboxylic acids is 1. The van der Waals surface area contributed by atoms with Gasteiger partial charge in [-0.25, -0.2) is 15.0 Å². The van der Waals surface area contributed by atoms with Crippen molar-refractivity contribution in [1.82, 2.24) is 24.8 Å². The van der Waals surface area contributed by atoms with E-state index in [1.54, 1.807) is 0 Å². The van der Waals surface area contributed by atoms with E-state index in [0.29, 0.717) is 17.9 Å². The van der Waals surface area contributed by atoms with Gasteiger partial charge in [-0.15, -0.1) is 0 Å². The minimum absolute atomic E-state index is 0.0967. The van der Waals surface area contributed by atoms with Crippen LogP contribution < -0.4 is 10.6 Å². The number of aromatic nitrogens is 4. The second-order valence-corrected chi connectivity index (χ2v) is 10.6. The average molecular weight is 565 g/mol. The number of hydrogen-bond donors (Lipinski definition) is 6. The number of fused-ring (bicyclic) bond motifs is 1. The van der Waals surface area contributed by atoms with Gasteiger partial charge in [0.15, 0.2) is 29.0 Å². The molecule has 0 unspecified atom stereocenters. The molecular formula is C24H32N6O8S. The zero-order chi connectivity index (χ0) is 28.2. The summed E-state index contributed by atoms with van der Waals surface area (Å²) in [5.74, 6) is 0.116. The lowest BCUT2D eigenvalue weighted by Crippen LogP contribution is -2.33. The largest absolute Gasteiger partial charge is 0.394 e. The molecule has 3 aromatic rings. The molecule has 15 heteroatoms. The molecule has 0 radical (unpaired) electrons. The molecule has 0 spiro atoms. The van der Waals surface area contributed by atoms with Crippen LogP contribution in [0.25, 0.3) is 11.2 Å². The van der Waals surface area contributed by atoms with Crippen LogP contribution in [0.2, 0.25) is 0 Å². The van der Waals surface area contributed by atoms with Crippen molar-refractivity contribution >= 4 is 33.0 Å². The normalized spacial score (nSPS) is 21.4. The summed E-state index contributed by atoms with van der Waals surface area (Å²) in [6, 6.07) is 4.77. The summed E-state index contributed by atoms with van der Waals surface area (Å²) in [6.07, 6.45) is 0.855. The Morgan fingerprint density at radius 2 is 1.85 bits per heavy atom. The maximum Gasteiger partial charge on any atom is 0.294 e. The smallest absolute Gasteiger partial charge is 0.294 e. The second kappa shape index (κ2) is 12.3. The van der Waals surface area contributed by atoms with Crippen molar-refractivity contribution in [3.05, 3.63) is 42.0 Å². The summed E-state index contributed by atoms with van der Waals surface area (Å²) in [6.45, 7) is 2.16. The molecule has 0 aliphatic carbocycles. The fourth-order valence-corrected chi connectivity index (χ4v) is 4.74. The van der Waals surface area contributed by atoms with E-state index in [-0.39, 0.29) is 28.5 Å². The molecule has 4 atom stereocenters. The monoisotopic (exact) mass is 564 g/mol. The molecular weight excluding hydrogens is 532 g/mol. The molecule has 1 saturated heterocycles. The number of anilines is 1. The van der Waals surface area contributed by atoms with Gasteiger partial charge in [-0.05, 0) is 30.7 Å². The number of ether oxygens (including phenoxy) is 1. The van der Waals surface area contributed by atoms with Crippen LogP contribution in [0.3, 0.4) is 0 Å². The first-order valence-corrected chi connectivity index (χ1v) is 14.0. The number of hydrogen-bond acceptors (Lipinski definition) is 11. The number of unbranched alkanes of at least 4 members (excludes halogenated alkanes) is 3. The molecule has 6 N–H and O–H groups in total. The topological polar surface area (TPSA) is 209 Å². The minimum Gasteiger partial charge on any atom is -0.394 e. The van der Waals surface area contributed by atoms with E-state index >= 15 is 0 Å². The van der Waals surface area contributed by atoms with Crippen molar-refractivity contribution in [2.45, 2.75) is 68.6 Å².